The zero-order chi connectivity index (χ0) is 17.8. The molecule has 2 aromatic rings. The molecule has 2 aliphatic rings. The third-order valence-corrected chi connectivity index (χ3v) is 5.63. The van der Waals surface area contributed by atoms with Crippen molar-refractivity contribution in [2.24, 2.45) is 0 Å². The van der Waals surface area contributed by atoms with Crippen LogP contribution in [-0.2, 0) is 12.8 Å². The molecule has 1 aliphatic carbocycles. The highest BCUT2D eigenvalue weighted by Crippen LogP contribution is 2.26. The Morgan fingerprint density at radius 1 is 1.00 bits per heavy atom. The van der Waals surface area contributed by atoms with Crippen LogP contribution in [-0.4, -0.2) is 50.5 Å². The third kappa shape index (κ3) is 4.19. The Kier molecular flexibility index (Phi) is 5.42. The number of fused-ring (bicyclic) bond motifs is 1. The van der Waals surface area contributed by atoms with Crippen LogP contribution in [0.5, 0.6) is 5.75 Å². The van der Waals surface area contributed by atoms with Gasteiger partial charge in [0, 0.05) is 5.69 Å². The first-order valence-electron chi connectivity index (χ1n) is 9.84. The highest BCUT2D eigenvalue weighted by atomic mass is 16.5. The first-order chi connectivity index (χ1) is 12.8. The van der Waals surface area contributed by atoms with Crippen LogP contribution < -0.4 is 14.5 Å². The largest absolute Gasteiger partial charge is 0.491 e. The van der Waals surface area contributed by atoms with Gasteiger partial charge in [-0.2, -0.15) is 0 Å². The van der Waals surface area contributed by atoms with Gasteiger partial charge in [0.2, 0.25) is 0 Å². The van der Waals surface area contributed by atoms with Gasteiger partial charge >= 0.3 is 0 Å². The standard InChI is InChI=1S/C22H28N2O2/c25-21(17-26-22-10-9-18-5-4-6-19(18)15-22)16-23-11-13-24(14-12-23)20-7-2-1-3-8-20/h1-3,7-10,15,21,25H,4-6,11-14,16-17H2/p+1/t21-/m0/s1. The fraction of sp³-hybridized carbons (Fsp3) is 0.455. The molecule has 26 heavy (non-hydrogen) atoms. The summed E-state index contributed by atoms with van der Waals surface area (Å²) in [6.45, 7) is 5.34. The Morgan fingerprint density at radius 2 is 1.77 bits per heavy atom. The SMILES string of the molecule is O[C@H](COc1ccc2c(c1)CCC2)C[NH+]1CCN(c2ccccc2)CC1. The predicted octanol–water partition coefficient (Wildman–Crippen LogP) is 1.32. The summed E-state index contributed by atoms with van der Waals surface area (Å²) in [5.41, 5.74) is 4.17. The Hall–Kier alpha value is -2.04. The number of hydrogen-bond acceptors (Lipinski definition) is 3. The van der Waals surface area contributed by atoms with Crippen LogP contribution in [0.15, 0.2) is 48.5 Å². The lowest BCUT2D eigenvalue weighted by Crippen LogP contribution is -3.16. The highest BCUT2D eigenvalue weighted by molar-refractivity contribution is 5.46. The molecule has 0 unspecified atom stereocenters. The summed E-state index contributed by atoms with van der Waals surface area (Å²) in [6.07, 6.45) is 3.18. The van der Waals surface area contributed by atoms with Crippen LogP contribution in [0, 0.1) is 0 Å². The molecule has 2 aromatic carbocycles. The summed E-state index contributed by atoms with van der Waals surface area (Å²) in [7, 11) is 0. The molecule has 0 aromatic heterocycles. The number of aryl methyl sites for hydroxylation is 2. The van der Waals surface area contributed by atoms with E-state index in [1.165, 1.54) is 34.6 Å². The molecule has 0 spiro atoms. The minimum atomic E-state index is -0.415. The van der Waals surface area contributed by atoms with E-state index in [-0.39, 0.29) is 0 Å². The predicted molar refractivity (Wildman–Crippen MR) is 104 cm³/mol. The molecule has 4 rings (SSSR count). The maximum Gasteiger partial charge on any atom is 0.137 e. The van der Waals surface area contributed by atoms with E-state index in [0.29, 0.717) is 6.61 Å². The van der Waals surface area contributed by atoms with Crippen molar-refractivity contribution in [1.82, 2.24) is 0 Å². The summed E-state index contributed by atoms with van der Waals surface area (Å²) in [5, 5.41) is 10.4. The summed E-state index contributed by atoms with van der Waals surface area (Å²) >= 11 is 0. The maximum absolute atomic E-state index is 10.4. The van der Waals surface area contributed by atoms with Crippen molar-refractivity contribution in [2.75, 3.05) is 44.2 Å². The minimum absolute atomic E-state index is 0.380. The van der Waals surface area contributed by atoms with Gasteiger partial charge in [0.15, 0.2) is 0 Å². The average Bonchev–Trinajstić information content (AvgIpc) is 3.15. The van der Waals surface area contributed by atoms with Crippen LogP contribution in [0.1, 0.15) is 17.5 Å². The Balaban J connectivity index is 1.21. The van der Waals surface area contributed by atoms with Gasteiger partial charge in [-0.3, -0.25) is 0 Å². The highest BCUT2D eigenvalue weighted by Gasteiger charge is 2.23. The lowest BCUT2D eigenvalue weighted by atomic mass is 10.1. The van der Waals surface area contributed by atoms with Gasteiger partial charge in [0.1, 0.15) is 25.0 Å². The van der Waals surface area contributed by atoms with Crippen molar-refractivity contribution in [1.29, 1.82) is 0 Å². The number of nitrogens with one attached hydrogen (secondary N) is 1. The van der Waals surface area contributed by atoms with Gasteiger partial charge in [-0.1, -0.05) is 24.3 Å². The second kappa shape index (κ2) is 8.11. The van der Waals surface area contributed by atoms with E-state index in [9.17, 15) is 5.11 Å². The number of para-hydroxylation sites is 1. The Labute approximate surface area is 156 Å². The number of aliphatic hydroxyl groups excluding tert-OH is 1. The molecule has 4 heteroatoms. The number of hydrogen-bond donors (Lipinski definition) is 2. The number of anilines is 1. The molecule has 4 nitrogen and oxygen atoms in total. The number of piperazine rings is 1. The molecular formula is C22H29N2O2+. The third-order valence-electron chi connectivity index (χ3n) is 5.63. The van der Waals surface area contributed by atoms with Gasteiger partial charge in [-0.15, -0.1) is 0 Å². The van der Waals surface area contributed by atoms with Gasteiger partial charge in [0.25, 0.3) is 0 Å². The van der Waals surface area contributed by atoms with Crippen molar-refractivity contribution in [3.63, 3.8) is 0 Å². The van der Waals surface area contributed by atoms with Gasteiger partial charge in [0.05, 0.1) is 26.2 Å². The van der Waals surface area contributed by atoms with E-state index in [0.717, 1.165) is 44.9 Å². The number of aliphatic hydroxyl groups is 1. The van der Waals surface area contributed by atoms with Gasteiger partial charge in [-0.25, -0.2) is 0 Å². The summed E-state index contributed by atoms with van der Waals surface area (Å²) in [6, 6.07) is 17.0. The van der Waals surface area contributed by atoms with E-state index < -0.39 is 6.10 Å². The van der Waals surface area contributed by atoms with Gasteiger partial charge in [-0.05, 0) is 54.7 Å². The molecule has 1 heterocycles. The fourth-order valence-electron chi connectivity index (χ4n) is 4.15. The molecule has 2 N–H and O–H groups in total. The molecule has 0 saturated carbocycles. The molecule has 1 aliphatic heterocycles. The number of ether oxygens (including phenoxy) is 1. The molecule has 1 atom stereocenters. The van der Waals surface area contributed by atoms with Crippen LogP contribution in [0.4, 0.5) is 5.69 Å². The van der Waals surface area contributed by atoms with E-state index in [4.69, 9.17) is 4.74 Å². The van der Waals surface area contributed by atoms with E-state index in [2.05, 4.69) is 47.4 Å². The molecule has 138 valence electrons. The van der Waals surface area contributed by atoms with Crippen molar-refractivity contribution >= 4 is 5.69 Å². The average molecular weight is 353 g/mol. The summed E-state index contributed by atoms with van der Waals surface area (Å²) in [4.78, 5) is 3.89. The van der Waals surface area contributed by atoms with Crippen molar-refractivity contribution in [2.45, 2.75) is 25.4 Å². The van der Waals surface area contributed by atoms with Crippen LogP contribution in [0.2, 0.25) is 0 Å². The number of rotatable bonds is 6. The zero-order valence-corrected chi connectivity index (χ0v) is 15.4. The Morgan fingerprint density at radius 3 is 2.58 bits per heavy atom. The van der Waals surface area contributed by atoms with Crippen molar-refractivity contribution in [3.8, 4) is 5.75 Å². The zero-order valence-electron chi connectivity index (χ0n) is 15.4. The molecule has 0 bridgehead atoms. The lowest BCUT2D eigenvalue weighted by Gasteiger charge is -2.34. The number of nitrogens with zero attached hydrogens (tertiary/aromatic N) is 1. The van der Waals surface area contributed by atoms with Crippen LogP contribution >= 0.6 is 0 Å². The lowest BCUT2D eigenvalue weighted by molar-refractivity contribution is -0.903. The molecular weight excluding hydrogens is 324 g/mol. The summed E-state index contributed by atoms with van der Waals surface area (Å²) in [5.74, 6) is 0.897. The van der Waals surface area contributed by atoms with E-state index in [1.807, 2.05) is 6.07 Å². The number of benzene rings is 2. The Bertz CT molecular complexity index is 711. The monoisotopic (exact) mass is 353 g/mol. The second-order valence-corrected chi connectivity index (χ2v) is 7.53. The van der Waals surface area contributed by atoms with Crippen molar-refractivity contribution < 1.29 is 14.7 Å². The van der Waals surface area contributed by atoms with Crippen molar-refractivity contribution in [3.05, 3.63) is 59.7 Å². The van der Waals surface area contributed by atoms with Crippen LogP contribution in [0.25, 0.3) is 0 Å². The minimum Gasteiger partial charge on any atom is -0.491 e. The molecule has 1 saturated heterocycles. The van der Waals surface area contributed by atoms with E-state index in [1.54, 1.807) is 0 Å². The summed E-state index contributed by atoms with van der Waals surface area (Å²) < 4.78 is 5.85. The van der Waals surface area contributed by atoms with Crippen LogP contribution in [0.3, 0.4) is 0 Å². The first kappa shape index (κ1) is 17.4. The smallest absolute Gasteiger partial charge is 0.137 e. The fourth-order valence-corrected chi connectivity index (χ4v) is 4.15. The second-order valence-electron chi connectivity index (χ2n) is 7.53. The first-order valence-corrected chi connectivity index (χ1v) is 9.84. The molecule has 0 radical (unpaired) electrons. The maximum atomic E-state index is 10.4. The normalized spacial score (nSPS) is 18.6. The number of quaternary nitrogens is 1. The molecule has 1 fully saturated rings. The molecule has 0 amide bonds. The topological polar surface area (TPSA) is 37.1 Å². The van der Waals surface area contributed by atoms with Gasteiger partial charge < -0.3 is 19.6 Å². The van der Waals surface area contributed by atoms with E-state index >= 15 is 0 Å². The quantitative estimate of drug-likeness (QED) is 0.823.